The van der Waals surface area contributed by atoms with Crippen LogP contribution in [0.25, 0.3) is 0 Å². The summed E-state index contributed by atoms with van der Waals surface area (Å²) in [6, 6.07) is 0. The van der Waals surface area contributed by atoms with Gasteiger partial charge in [-0.2, -0.15) is 0 Å². The summed E-state index contributed by atoms with van der Waals surface area (Å²) < 4.78 is 6.31. The van der Waals surface area contributed by atoms with E-state index in [1.807, 2.05) is 6.20 Å². The van der Waals surface area contributed by atoms with E-state index in [0.29, 0.717) is 18.9 Å². The second-order valence-electron chi connectivity index (χ2n) is 3.74. The molecule has 5 nitrogen and oxygen atoms in total. The molecular formula is C10H17N3O2. The van der Waals surface area contributed by atoms with E-state index in [1.165, 1.54) is 7.11 Å². The molecule has 0 aromatic carbocycles. The number of esters is 1. The van der Waals surface area contributed by atoms with Crippen LogP contribution in [0.1, 0.15) is 38.3 Å². The highest BCUT2D eigenvalue weighted by molar-refractivity contribution is 5.68. The molecule has 0 atom stereocenters. The van der Waals surface area contributed by atoms with Gasteiger partial charge < -0.3 is 4.74 Å². The number of carbonyl (C=O) groups excluding carboxylic acids is 1. The molecule has 1 aromatic heterocycles. The van der Waals surface area contributed by atoms with Gasteiger partial charge in [0.15, 0.2) is 0 Å². The summed E-state index contributed by atoms with van der Waals surface area (Å²) in [6.07, 6.45) is 3.07. The first kappa shape index (κ1) is 11.7. The summed E-state index contributed by atoms with van der Waals surface area (Å²) in [6.45, 7) is 4.85. The molecule has 1 rings (SSSR count). The molecule has 1 aromatic rings. The smallest absolute Gasteiger partial charge is 0.305 e. The lowest BCUT2D eigenvalue weighted by Crippen LogP contribution is -2.04. The monoisotopic (exact) mass is 211 g/mol. The number of carbonyl (C=O) groups is 1. The Bertz CT molecular complexity index is 320. The fourth-order valence-corrected chi connectivity index (χ4v) is 1.17. The number of nitrogens with zero attached hydrogens (tertiary/aromatic N) is 3. The molecule has 0 aliphatic carbocycles. The van der Waals surface area contributed by atoms with Crippen molar-refractivity contribution in [3.8, 4) is 0 Å². The van der Waals surface area contributed by atoms with Crippen LogP contribution in [0, 0.1) is 0 Å². The Kier molecular flexibility index (Phi) is 4.27. The average Bonchev–Trinajstić information content (AvgIpc) is 2.66. The van der Waals surface area contributed by atoms with Crippen molar-refractivity contribution in [3.63, 3.8) is 0 Å². The van der Waals surface area contributed by atoms with E-state index >= 15 is 0 Å². The number of ether oxygens (including phenoxy) is 1. The van der Waals surface area contributed by atoms with Crippen molar-refractivity contribution >= 4 is 5.97 Å². The maximum absolute atomic E-state index is 10.8. The van der Waals surface area contributed by atoms with Gasteiger partial charge in [0.05, 0.1) is 12.8 Å². The third kappa shape index (κ3) is 3.69. The van der Waals surface area contributed by atoms with E-state index in [-0.39, 0.29) is 5.97 Å². The molecule has 15 heavy (non-hydrogen) atoms. The normalized spacial score (nSPS) is 10.7. The van der Waals surface area contributed by atoms with Crippen LogP contribution in [0.3, 0.4) is 0 Å². The van der Waals surface area contributed by atoms with Crippen molar-refractivity contribution in [1.82, 2.24) is 15.0 Å². The number of aryl methyl sites for hydroxylation is 1. The molecule has 0 amide bonds. The number of rotatable bonds is 5. The lowest BCUT2D eigenvalue weighted by Gasteiger charge is -1.99. The van der Waals surface area contributed by atoms with Gasteiger partial charge in [-0.05, 0) is 12.3 Å². The van der Waals surface area contributed by atoms with Crippen molar-refractivity contribution in [2.24, 2.45) is 0 Å². The fraction of sp³-hybridized carbons (Fsp3) is 0.700. The Morgan fingerprint density at radius 3 is 2.87 bits per heavy atom. The Morgan fingerprint density at radius 2 is 2.33 bits per heavy atom. The quantitative estimate of drug-likeness (QED) is 0.690. The maximum atomic E-state index is 10.8. The molecule has 0 aliphatic heterocycles. The molecule has 0 aliphatic rings. The molecular weight excluding hydrogens is 194 g/mol. The molecule has 5 heteroatoms. The zero-order chi connectivity index (χ0) is 11.3. The van der Waals surface area contributed by atoms with Crippen LogP contribution < -0.4 is 0 Å². The van der Waals surface area contributed by atoms with Crippen LogP contribution >= 0.6 is 0 Å². The molecule has 0 saturated heterocycles. The van der Waals surface area contributed by atoms with Crippen LogP contribution in [0.5, 0.6) is 0 Å². The molecule has 0 spiro atoms. The highest BCUT2D eigenvalue weighted by Gasteiger charge is 2.05. The first-order valence-electron chi connectivity index (χ1n) is 5.10. The summed E-state index contributed by atoms with van der Waals surface area (Å²) in [7, 11) is 1.40. The third-order valence-electron chi connectivity index (χ3n) is 2.14. The molecule has 0 fully saturated rings. The Balaban J connectivity index is 2.34. The summed E-state index contributed by atoms with van der Waals surface area (Å²) in [5.41, 5.74) is 0.980. The molecule has 0 saturated carbocycles. The molecule has 0 radical (unpaired) electrons. The fourth-order valence-electron chi connectivity index (χ4n) is 1.17. The number of hydrogen-bond acceptors (Lipinski definition) is 4. The lowest BCUT2D eigenvalue weighted by atomic mass is 10.2. The van der Waals surface area contributed by atoms with Gasteiger partial charge in [-0.1, -0.05) is 19.1 Å². The Morgan fingerprint density at radius 1 is 1.60 bits per heavy atom. The van der Waals surface area contributed by atoms with E-state index in [9.17, 15) is 4.79 Å². The third-order valence-corrected chi connectivity index (χ3v) is 2.14. The summed E-state index contributed by atoms with van der Waals surface area (Å²) in [4.78, 5) is 10.8. The van der Waals surface area contributed by atoms with E-state index in [0.717, 1.165) is 12.1 Å². The Hall–Kier alpha value is -1.39. The molecule has 0 N–H and O–H groups in total. The predicted octanol–water partition coefficient (Wildman–Crippen LogP) is 1.35. The average molecular weight is 211 g/mol. The van der Waals surface area contributed by atoms with Gasteiger partial charge in [0.1, 0.15) is 0 Å². The van der Waals surface area contributed by atoms with Crippen molar-refractivity contribution in [2.75, 3.05) is 7.11 Å². The van der Waals surface area contributed by atoms with Gasteiger partial charge in [0.2, 0.25) is 0 Å². The number of aromatic nitrogens is 3. The second-order valence-corrected chi connectivity index (χ2v) is 3.74. The minimum Gasteiger partial charge on any atom is -0.469 e. The van der Waals surface area contributed by atoms with Gasteiger partial charge in [-0.25, -0.2) is 0 Å². The first-order valence-corrected chi connectivity index (χ1v) is 5.10. The van der Waals surface area contributed by atoms with Crippen LogP contribution in [0.15, 0.2) is 6.20 Å². The summed E-state index contributed by atoms with van der Waals surface area (Å²) in [5.74, 6) is 0.207. The standard InChI is InChI=1S/C10H17N3O2/c1-8(2)9-7-13(12-11-9)6-4-5-10(14)15-3/h7-8H,4-6H2,1-3H3. The number of methoxy groups -OCH3 is 1. The number of hydrogen-bond donors (Lipinski definition) is 0. The first-order chi connectivity index (χ1) is 7.13. The SMILES string of the molecule is COC(=O)CCCn1cc(C(C)C)nn1. The zero-order valence-electron chi connectivity index (χ0n) is 9.43. The van der Waals surface area contributed by atoms with Gasteiger partial charge in [0, 0.05) is 19.2 Å². The topological polar surface area (TPSA) is 57.0 Å². The zero-order valence-corrected chi connectivity index (χ0v) is 9.43. The van der Waals surface area contributed by atoms with E-state index in [4.69, 9.17) is 0 Å². The van der Waals surface area contributed by atoms with Gasteiger partial charge >= 0.3 is 5.97 Å². The minimum absolute atomic E-state index is 0.181. The van der Waals surface area contributed by atoms with Crippen LogP contribution in [-0.4, -0.2) is 28.1 Å². The van der Waals surface area contributed by atoms with E-state index < -0.39 is 0 Å². The van der Waals surface area contributed by atoms with Crippen LogP contribution in [0.4, 0.5) is 0 Å². The van der Waals surface area contributed by atoms with E-state index in [2.05, 4.69) is 28.9 Å². The summed E-state index contributed by atoms with van der Waals surface area (Å²) in [5, 5.41) is 8.01. The molecule has 0 unspecified atom stereocenters. The minimum atomic E-state index is -0.181. The lowest BCUT2D eigenvalue weighted by molar-refractivity contribution is -0.140. The van der Waals surface area contributed by atoms with E-state index in [1.54, 1.807) is 4.68 Å². The highest BCUT2D eigenvalue weighted by atomic mass is 16.5. The maximum Gasteiger partial charge on any atom is 0.305 e. The largest absolute Gasteiger partial charge is 0.469 e. The van der Waals surface area contributed by atoms with Crippen molar-refractivity contribution < 1.29 is 9.53 Å². The molecule has 1 heterocycles. The second kappa shape index (κ2) is 5.48. The van der Waals surface area contributed by atoms with Gasteiger partial charge in [-0.3, -0.25) is 9.48 Å². The van der Waals surface area contributed by atoms with Crippen molar-refractivity contribution in [3.05, 3.63) is 11.9 Å². The van der Waals surface area contributed by atoms with Crippen molar-refractivity contribution in [2.45, 2.75) is 39.2 Å². The van der Waals surface area contributed by atoms with Crippen molar-refractivity contribution in [1.29, 1.82) is 0 Å². The highest BCUT2D eigenvalue weighted by Crippen LogP contribution is 2.09. The van der Waals surface area contributed by atoms with Crippen LogP contribution in [-0.2, 0) is 16.1 Å². The Labute approximate surface area is 89.4 Å². The van der Waals surface area contributed by atoms with Gasteiger partial charge in [-0.15, -0.1) is 5.10 Å². The summed E-state index contributed by atoms with van der Waals surface area (Å²) >= 11 is 0. The molecule has 84 valence electrons. The molecule has 0 bridgehead atoms. The van der Waals surface area contributed by atoms with Crippen LogP contribution in [0.2, 0.25) is 0 Å². The van der Waals surface area contributed by atoms with Gasteiger partial charge in [0.25, 0.3) is 0 Å². The predicted molar refractivity (Wildman–Crippen MR) is 55.4 cm³/mol.